The van der Waals surface area contributed by atoms with Crippen LogP contribution in [0.3, 0.4) is 0 Å². The quantitative estimate of drug-likeness (QED) is 0.639. The molecule has 2 N–H and O–H groups in total. The van der Waals surface area contributed by atoms with Crippen LogP contribution >= 0.6 is 0 Å². The zero-order valence-electron chi connectivity index (χ0n) is 9.21. The zero-order valence-corrected chi connectivity index (χ0v) is 9.21. The van der Waals surface area contributed by atoms with E-state index in [-0.39, 0.29) is 11.9 Å². The van der Waals surface area contributed by atoms with Gasteiger partial charge < -0.3 is 15.4 Å². The lowest BCUT2D eigenvalue weighted by Gasteiger charge is -2.23. The topological polar surface area (TPSA) is 67.4 Å². The van der Waals surface area contributed by atoms with Crippen LogP contribution < -0.4 is 10.6 Å². The molecule has 0 saturated carbocycles. The molecule has 1 saturated heterocycles. The van der Waals surface area contributed by atoms with Crippen LogP contribution in [0.5, 0.6) is 0 Å². The molecule has 0 aromatic heterocycles. The second-order valence-corrected chi connectivity index (χ2v) is 3.76. The number of hydrogen-bond acceptors (Lipinski definition) is 4. The van der Waals surface area contributed by atoms with Crippen molar-refractivity contribution in [1.82, 2.24) is 10.6 Å². The number of hydrogen-bond donors (Lipinski definition) is 2. The second kappa shape index (κ2) is 5.70. The van der Waals surface area contributed by atoms with Crippen molar-refractivity contribution in [2.45, 2.75) is 38.3 Å². The molecule has 15 heavy (non-hydrogen) atoms. The molecule has 0 spiro atoms. The van der Waals surface area contributed by atoms with Gasteiger partial charge in [0.05, 0.1) is 13.2 Å². The molecule has 2 atom stereocenters. The molecule has 1 heterocycles. The van der Waals surface area contributed by atoms with Crippen molar-refractivity contribution in [3.8, 4) is 0 Å². The fraction of sp³-hybridized carbons (Fsp3) is 0.800. The summed E-state index contributed by atoms with van der Waals surface area (Å²) in [6, 6.07) is -0.739. The van der Waals surface area contributed by atoms with Gasteiger partial charge in [0.15, 0.2) is 0 Å². The van der Waals surface area contributed by atoms with E-state index in [9.17, 15) is 9.59 Å². The fourth-order valence-electron chi connectivity index (χ4n) is 1.63. The van der Waals surface area contributed by atoms with Crippen molar-refractivity contribution < 1.29 is 14.3 Å². The number of amides is 1. The van der Waals surface area contributed by atoms with Gasteiger partial charge in [0, 0.05) is 0 Å². The second-order valence-electron chi connectivity index (χ2n) is 3.76. The maximum Gasteiger partial charge on any atom is 0.328 e. The highest BCUT2D eigenvalue weighted by molar-refractivity contribution is 5.87. The van der Waals surface area contributed by atoms with Crippen molar-refractivity contribution in [3.63, 3.8) is 0 Å². The number of rotatable bonds is 3. The number of carbonyl (C=O) groups excluding carboxylic acids is 2. The lowest BCUT2D eigenvalue weighted by molar-refractivity contribution is -0.144. The Labute approximate surface area is 89.6 Å². The maximum atomic E-state index is 11.6. The Hall–Kier alpha value is -1.10. The number of piperidine rings is 1. The van der Waals surface area contributed by atoms with E-state index in [1.54, 1.807) is 6.92 Å². The smallest absolute Gasteiger partial charge is 0.328 e. The summed E-state index contributed by atoms with van der Waals surface area (Å²) in [7, 11) is 1.31. The number of carbonyl (C=O) groups is 2. The predicted molar refractivity (Wildman–Crippen MR) is 55.3 cm³/mol. The Kier molecular flexibility index (Phi) is 4.55. The van der Waals surface area contributed by atoms with Gasteiger partial charge in [-0.05, 0) is 26.3 Å². The number of methoxy groups -OCH3 is 1. The van der Waals surface area contributed by atoms with E-state index in [1.807, 2.05) is 0 Å². The first kappa shape index (κ1) is 12.0. The molecule has 1 unspecified atom stereocenters. The van der Waals surface area contributed by atoms with Crippen molar-refractivity contribution in [1.29, 1.82) is 0 Å². The monoisotopic (exact) mass is 214 g/mol. The molecule has 1 aliphatic rings. The molecule has 0 aliphatic carbocycles. The molecule has 1 rings (SSSR count). The van der Waals surface area contributed by atoms with E-state index in [0.29, 0.717) is 0 Å². The summed E-state index contributed by atoms with van der Waals surface area (Å²) in [4.78, 5) is 22.7. The van der Waals surface area contributed by atoms with Gasteiger partial charge in [-0.25, -0.2) is 4.79 Å². The van der Waals surface area contributed by atoms with Crippen LogP contribution in [0.2, 0.25) is 0 Å². The van der Waals surface area contributed by atoms with Gasteiger partial charge in [0.2, 0.25) is 5.91 Å². The molecule has 0 bridgehead atoms. The number of esters is 1. The molecule has 1 amide bonds. The third-order valence-corrected chi connectivity index (χ3v) is 2.54. The summed E-state index contributed by atoms with van der Waals surface area (Å²) in [6.07, 6.45) is 2.99. The van der Waals surface area contributed by atoms with Gasteiger partial charge in [0.1, 0.15) is 6.04 Å². The van der Waals surface area contributed by atoms with Crippen molar-refractivity contribution in [3.05, 3.63) is 0 Å². The average Bonchev–Trinajstić information content (AvgIpc) is 2.29. The minimum atomic E-state index is -0.578. The van der Waals surface area contributed by atoms with Crippen molar-refractivity contribution in [2.24, 2.45) is 0 Å². The third kappa shape index (κ3) is 3.51. The molecule has 5 heteroatoms. The summed E-state index contributed by atoms with van der Waals surface area (Å²) < 4.78 is 4.53. The largest absolute Gasteiger partial charge is 0.467 e. The van der Waals surface area contributed by atoms with Crippen LogP contribution in [-0.4, -0.2) is 37.6 Å². The van der Waals surface area contributed by atoms with E-state index < -0.39 is 12.0 Å². The average molecular weight is 214 g/mol. The first-order chi connectivity index (χ1) is 7.15. The third-order valence-electron chi connectivity index (χ3n) is 2.54. The van der Waals surface area contributed by atoms with Gasteiger partial charge in [-0.1, -0.05) is 6.42 Å². The minimum absolute atomic E-state index is 0.118. The Morgan fingerprint density at radius 2 is 2.20 bits per heavy atom. The molecule has 0 radical (unpaired) electrons. The maximum absolute atomic E-state index is 11.6. The van der Waals surface area contributed by atoms with E-state index in [1.165, 1.54) is 7.11 Å². The summed E-state index contributed by atoms with van der Waals surface area (Å²) in [6.45, 7) is 2.48. The minimum Gasteiger partial charge on any atom is -0.467 e. The van der Waals surface area contributed by atoms with Crippen LogP contribution in [0.1, 0.15) is 26.2 Å². The summed E-state index contributed by atoms with van der Waals surface area (Å²) in [5, 5.41) is 5.74. The van der Waals surface area contributed by atoms with Crippen LogP contribution in [0, 0.1) is 0 Å². The molecule has 0 aromatic rings. The lowest BCUT2D eigenvalue weighted by Crippen LogP contribution is -2.50. The van der Waals surface area contributed by atoms with Crippen LogP contribution in [-0.2, 0) is 14.3 Å². The predicted octanol–water partition coefficient (Wildman–Crippen LogP) is -0.194. The van der Waals surface area contributed by atoms with Crippen LogP contribution in [0.15, 0.2) is 0 Å². The summed E-state index contributed by atoms with van der Waals surface area (Å²) in [5.41, 5.74) is 0. The van der Waals surface area contributed by atoms with Gasteiger partial charge in [-0.3, -0.25) is 4.79 Å². The van der Waals surface area contributed by atoms with Crippen molar-refractivity contribution in [2.75, 3.05) is 13.7 Å². The molecular weight excluding hydrogens is 196 g/mol. The fourth-order valence-corrected chi connectivity index (χ4v) is 1.63. The molecule has 1 aliphatic heterocycles. The molecule has 5 nitrogen and oxygen atoms in total. The Morgan fingerprint density at radius 1 is 1.47 bits per heavy atom. The summed E-state index contributed by atoms with van der Waals surface area (Å²) in [5.74, 6) is -0.535. The Bertz CT molecular complexity index is 237. The lowest BCUT2D eigenvalue weighted by atomic mass is 10.0. The first-order valence-corrected chi connectivity index (χ1v) is 5.26. The standard InChI is InChI=1S/C10H18N2O3/c1-7(10(14)15-2)12-9(13)8-5-3-4-6-11-8/h7-8,11H,3-6H2,1-2H3,(H,12,13)/t7-,8?/m1/s1. The van der Waals surface area contributed by atoms with Gasteiger partial charge in [0.25, 0.3) is 0 Å². The van der Waals surface area contributed by atoms with Crippen molar-refractivity contribution >= 4 is 11.9 Å². The van der Waals surface area contributed by atoms with E-state index in [2.05, 4.69) is 15.4 Å². The highest BCUT2D eigenvalue weighted by Gasteiger charge is 2.23. The number of ether oxygens (including phenoxy) is 1. The Balaban J connectivity index is 2.36. The van der Waals surface area contributed by atoms with E-state index in [0.717, 1.165) is 25.8 Å². The summed E-state index contributed by atoms with van der Waals surface area (Å²) >= 11 is 0. The molecule has 86 valence electrons. The Morgan fingerprint density at radius 3 is 2.73 bits per heavy atom. The normalized spacial score (nSPS) is 22.9. The van der Waals surface area contributed by atoms with Crippen LogP contribution in [0.4, 0.5) is 0 Å². The van der Waals surface area contributed by atoms with E-state index in [4.69, 9.17) is 0 Å². The molecular formula is C10H18N2O3. The zero-order chi connectivity index (χ0) is 11.3. The highest BCUT2D eigenvalue weighted by atomic mass is 16.5. The number of nitrogens with one attached hydrogen (secondary N) is 2. The first-order valence-electron chi connectivity index (χ1n) is 5.26. The SMILES string of the molecule is COC(=O)[C@@H](C)NC(=O)C1CCCCN1. The molecule has 0 aromatic carbocycles. The molecule has 1 fully saturated rings. The van der Waals surface area contributed by atoms with Gasteiger partial charge >= 0.3 is 5.97 Å². The van der Waals surface area contributed by atoms with Gasteiger partial charge in [-0.2, -0.15) is 0 Å². The van der Waals surface area contributed by atoms with Gasteiger partial charge in [-0.15, -0.1) is 0 Å². The highest BCUT2D eigenvalue weighted by Crippen LogP contribution is 2.07. The van der Waals surface area contributed by atoms with E-state index >= 15 is 0 Å². The van der Waals surface area contributed by atoms with Crippen LogP contribution in [0.25, 0.3) is 0 Å².